The van der Waals surface area contributed by atoms with Gasteiger partial charge >= 0.3 is 51.4 Å². The van der Waals surface area contributed by atoms with Crippen LogP contribution < -0.4 is 61.2 Å². The molecular weight excluding hydrogens is 379 g/mol. The standard InChI is InChI=1S/C19H24O5S.K/c1-2-3-4-5-7-10-15-13-17(20)19(25(21,22)23)14-18(15)24-16-11-8-6-9-12-16;/h6,8-9,11-14,20H,2-5,7,10H2,1H3,(H,21,22,23);/q;+1/p-1. The third-order valence-corrected chi connectivity index (χ3v) is 4.80. The van der Waals surface area contributed by atoms with E-state index in [0.29, 0.717) is 17.7 Å². The number of aryl methyl sites for hydroxylation is 1. The summed E-state index contributed by atoms with van der Waals surface area (Å²) in [6.45, 7) is 2.14. The fourth-order valence-electron chi connectivity index (χ4n) is 2.61. The first-order valence-corrected chi connectivity index (χ1v) is 9.90. The first-order valence-electron chi connectivity index (χ1n) is 8.46. The van der Waals surface area contributed by atoms with Crippen LogP contribution in [-0.4, -0.2) is 13.0 Å². The van der Waals surface area contributed by atoms with Gasteiger partial charge in [0.05, 0.1) is 4.90 Å². The molecule has 0 aromatic heterocycles. The van der Waals surface area contributed by atoms with Gasteiger partial charge in [0.25, 0.3) is 10.1 Å². The van der Waals surface area contributed by atoms with E-state index in [1.54, 1.807) is 24.3 Å². The van der Waals surface area contributed by atoms with Crippen molar-refractivity contribution in [2.45, 2.75) is 50.3 Å². The first kappa shape index (κ1) is 23.6. The molecule has 0 unspecified atom stereocenters. The molecule has 1 N–H and O–H groups in total. The molecule has 136 valence electrons. The van der Waals surface area contributed by atoms with E-state index in [0.717, 1.165) is 31.7 Å². The maximum atomic E-state index is 12.0. The van der Waals surface area contributed by atoms with Crippen LogP contribution in [0.3, 0.4) is 0 Å². The van der Waals surface area contributed by atoms with Crippen molar-refractivity contribution in [1.29, 1.82) is 0 Å². The van der Waals surface area contributed by atoms with Crippen LogP contribution in [0.4, 0.5) is 0 Å². The van der Waals surface area contributed by atoms with Gasteiger partial charge in [0.15, 0.2) is 0 Å². The smallest absolute Gasteiger partial charge is 0.872 e. The Morgan fingerprint density at radius 1 is 1.04 bits per heavy atom. The Morgan fingerprint density at radius 3 is 2.31 bits per heavy atom. The van der Waals surface area contributed by atoms with Crippen molar-refractivity contribution in [2.24, 2.45) is 0 Å². The predicted octanol–water partition coefficient (Wildman–Crippen LogP) is 1.32. The number of hydrogen-bond acceptors (Lipinski definition) is 4. The first-order chi connectivity index (χ1) is 11.9. The van der Waals surface area contributed by atoms with E-state index in [1.165, 1.54) is 12.5 Å². The monoisotopic (exact) mass is 402 g/mol. The zero-order valence-electron chi connectivity index (χ0n) is 15.3. The van der Waals surface area contributed by atoms with E-state index < -0.39 is 20.8 Å². The number of hydrogen-bond donors (Lipinski definition) is 1. The Kier molecular flexibility index (Phi) is 10.4. The van der Waals surface area contributed by atoms with Crippen molar-refractivity contribution in [2.75, 3.05) is 0 Å². The molecule has 0 saturated carbocycles. The van der Waals surface area contributed by atoms with Crippen molar-refractivity contribution in [3.05, 3.63) is 48.0 Å². The van der Waals surface area contributed by atoms with E-state index in [2.05, 4.69) is 6.92 Å². The average molecular weight is 403 g/mol. The SMILES string of the molecule is CCCCCCCc1cc([O-])c(S(=O)(=O)O)cc1Oc1ccccc1.[K+]. The van der Waals surface area contributed by atoms with E-state index in [-0.39, 0.29) is 57.1 Å². The van der Waals surface area contributed by atoms with Crippen LogP contribution in [0.5, 0.6) is 17.2 Å². The molecule has 2 aromatic rings. The number of ether oxygens (including phenoxy) is 1. The second-order valence-corrected chi connectivity index (χ2v) is 7.35. The molecule has 0 saturated heterocycles. The molecule has 0 bridgehead atoms. The topological polar surface area (TPSA) is 86.7 Å². The predicted molar refractivity (Wildman–Crippen MR) is 94.7 cm³/mol. The van der Waals surface area contributed by atoms with Gasteiger partial charge in [-0.15, -0.1) is 0 Å². The summed E-state index contributed by atoms with van der Waals surface area (Å²) in [4.78, 5) is -0.659. The van der Waals surface area contributed by atoms with Crippen molar-refractivity contribution in [3.8, 4) is 17.2 Å². The van der Waals surface area contributed by atoms with E-state index in [9.17, 15) is 18.1 Å². The zero-order valence-corrected chi connectivity index (χ0v) is 19.2. The molecule has 26 heavy (non-hydrogen) atoms. The van der Waals surface area contributed by atoms with E-state index in [1.807, 2.05) is 6.07 Å². The maximum absolute atomic E-state index is 12.0. The van der Waals surface area contributed by atoms with Crippen LogP contribution in [0.1, 0.15) is 44.6 Å². The van der Waals surface area contributed by atoms with Crippen molar-refractivity contribution >= 4 is 10.1 Å². The third kappa shape index (κ3) is 7.30. The molecule has 2 rings (SSSR count). The number of unbranched alkanes of at least 4 members (excludes halogenated alkanes) is 4. The molecule has 0 heterocycles. The molecule has 5 nitrogen and oxygen atoms in total. The zero-order chi connectivity index (χ0) is 18.3. The average Bonchev–Trinajstić information content (AvgIpc) is 2.56. The number of para-hydroxylation sites is 1. The van der Waals surface area contributed by atoms with E-state index in [4.69, 9.17) is 4.74 Å². The van der Waals surface area contributed by atoms with Gasteiger partial charge in [0.1, 0.15) is 11.5 Å². The molecule has 0 spiro atoms. The van der Waals surface area contributed by atoms with Gasteiger partial charge in [-0.05, 0) is 30.5 Å². The summed E-state index contributed by atoms with van der Waals surface area (Å²) in [5, 5.41) is 12.0. The summed E-state index contributed by atoms with van der Waals surface area (Å²) >= 11 is 0. The molecule has 0 aliphatic rings. The molecule has 0 amide bonds. The fourth-order valence-corrected chi connectivity index (χ4v) is 3.18. The summed E-state index contributed by atoms with van der Waals surface area (Å²) in [5.41, 5.74) is 0.651. The van der Waals surface area contributed by atoms with Gasteiger partial charge in [0, 0.05) is 6.07 Å². The van der Waals surface area contributed by atoms with Crippen LogP contribution in [0.15, 0.2) is 47.4 Å². The van der Waals surface area contributed by atoms with Crippen LogP contribution in [0, 0.1) is 0 Å². The van der Waals surface area contributed by atoms with Gasteiger partial charge < -0.3 is 9.84 Å². The Bertz CT molecular complexity index is 791. The molecule has 0 aliphatic heterocycles. The summed E-state index contributed by atoms with van der Waals surface area (Å²) in [7, 11) is -4.59. The molecule has 2 aromatic carbocycles. The Balaban J connectivity index is 0.00000338. The molecule has 0 radical (unpaired) electrons. The molecular formula is C19H23KO5S. The quantitative estimate of drug-likeness (QED) is 0.388. The maximum Gasteiger partial charge on any atom is 1.00 e. The van der Waals surface area contributed by atoms with Crippen molar-refractivity contribution in [3.63, 3.8) is 0 Å². The Hall–Kier alpha value is -0.414. The molecule has 0 fully saturated rings. The molecule has 0 aliphatic carbocycles. The van der Waals surface area contributed by atoms with E-state index >= 15 is 0 Å². The van der Waals surface area contributed by atoms with Gasteiger partial charge in [-0.2, -0.15) is 8.42 Å². The number of benzene rings is 2. The summed E-state index contributed by atoms with van der Waals surface area (Å²) < 4.78 is 37.8. The van der Waals surface area contributed by atoms with Gasteiger partial charge in [0.2, 0.25) is 0 Å². The minimum Gasteiger partial charge on any atom is -0.872 e. The summed E-state index contributed by atoms with van der Waals surface area (Å²) in [6.07, 6.45) is 5.98. The largest absolute Gasteiger partial charge is 1.00 e. The Morgan fingerprint density at radius 2 is 1.69 bits per heavy atom. The minimum absolute atomic E-state index is 0. The van der Waals surface area contributed by atoms with Crippen LogP contribution >= 0.6 is 0 Å². The number of rotatable bonds is 9. The normalized spacial score (nSPS) is 11.0. The third-order valence-electron chi connectivity index (χ3n) is 3.93. The second kappa shape index (κ2) is 11.4. The molecule has 7 heteroatoms. The minimum atomic E-state index is -4.59. The van der Waals surface area contributed by atoms with Crippen LogP contribution in [0.25, 0.3) is 0 Å². The van der Waals surface area contributed by atoms with Gasteiger partial charge in [-0.25, -0.2) is 0 Å². The van der Waals surface area contributed by atoms with Crippen LogP contribution in [-0.2, 0) is 16.5 Å². The summed E-state index contributed by atoms with van der Waals surface area (Å²) in [5.74, 6) is 0.107. The molecule has 0 atom stereocenters. The Labute approximate surface area is 198 Å². The second-order valence-electron chi connectivity index (χ2n) is 5.96. The fraction of sp³-hybridized carbons (Fsp3) is 0.368. The summed E-state index contributed by atoms with van der Waals surface area (Å²) in [6, 6.07) is 11.3. The van der Waals surface area contributed by atoms with Crippen LogP contribution in [0.2, 0.25) is 0 Å². The van der Waals surface area contributed by atoms with Gasteiger partial charge in [-0.1, -0.05) is 62.6 Å². The van der Waals surface area contributed by atoms with Crippen molar-refractivity contribution < 1.29 is 74.2 Å². The van der Waals surface area contributed by atoms with Gasteiger partial charge in [-0.3, -0.25) is 4.55 Å². The van der Waals surface area contributed by atoms with Crippen molar-refractivity contribution in [1.82, 2.24) is 0 Å².